The average Bonchev–Trinajstić information content (AvgIpc) is 3.10. The molecule has 3 unspecified atom stereocenters. The molecule has 1 aliphatic heterocycles. The fraction of sp³-hybridized carbons (Fsp3) is 0.526. The molecule has 2 fully saturated rings. The zero-order valence-corrected chi connectivity index (χ0v) is 15.9. The van der Waals surface area contributed by atoms with Gasteiger partial charge in [-0.15, -0.1) is 0 Å². The first-order valence-corrected chi connectivity index (χ1v) is 9.20. The van der Waals surface area contributed by atoms with E-state index < -0.39 is 6.04 Å². The topological polar surface area (TPSA) is 97.2 Å². The van der Waals surface area contributed by atoms with Gasteiger partial charge in [0.15, 0.2) is 5.78 Å². The molecule has 3 atom stereocenters. The molecule has 2 aromatic rings. The number of ketones is 1. The zero-order chi connectivity index (χ0) is 19.5. The number of amides is 2. The van der Waals surface area contributed by atoms with E-state index >= 15 is 0 Å². The van der Waals surface area contributed by atoms with Crippen molar-refractivity contribution in [3.05, 3.63) is 23.1 Å². The minimum absolute atomic E-state index is 0.00786. The van der Waals surface area contributed by atoms with E-state index in [0.29, 0.717) is 28.9 Å². The van der Waals surface area contributed by atoms with Gasteiger partial charge in [0.2, 0.25) is 11.8 Å². The second-order valence-electron chi connectivity index (χ2n) is 7.54. The lowest BCUT2D eigenvalue weighted by Gasteiger charge is -2.26. The van der Waals surface area contributed by atoms with Crippen LogP contribution in [-0.4, -0.2) is 56.4 Å². The van der Waals surface area contributed by atoms with Crippen LogP contribution >= 0.6 is 0 Å². The Hall–Kier alpha value is -2.77. The molecular formula is C19H23N5O3. The van der Waals surface area contributed by atoms with Gasteiger partial charge in [0, 0.05) is 31.1 Å². The van der Waals surface area contributed by atoms with Crippen LogP contribution in [0.5, 0.6) is 0 Å². The highest BCUT2D eigenvalue weighted by molar-refractivity contribution is 6.05. The van der Waals surface area contributed by atoms with Gasteiger partial charge < -0.3 is 10.2 Å². The van der Waals surface area contributed by atoms with Crippen LogP contribution in [0.25, 0.3) is 10.9 Å². The number of aryl methyl sites for hydroxylation is 2. The number of nitrogens with one attached hydrogen (secondary N) is 1. The summed E-state index contributed by atoms with van der Waals surface area (Å²) in [6.07, 6.45) is 1.67. The molecule has 2 aliphatic rings. The predicted molar refractivity (Wildman–Crippen MR) is 98.2 cm³/mol. The van der Waals surface area contributed by atoms with Crippen LogP contribution in [-0.2, 0) is 16.1 Å². The molecule has 2 aromatic heterocycles. The molecule has 4 rings (SSSR count). The van der Waals surface area contributed by atoms with Crippen LogP contribution in [0.3, 0.4) is 0 Å². The van der Waals surface area contributed by atoms with E-state index in [1.165, 1.54) is 6.92 Å². The normalized spacial score (nSPS) is 23.4. The fourth-order valence-corrected chi connectivity index (χ4v) is 4.35. The standard InChI is InChI=1S/C19H23N5O3/c1-9-5-13-17(11(3)25)22-23(18(13)10(2)21-9)8-16(26)24-14-6-12(14)7-15(24)19(27)20-4/h5,12,14-15H,6-8H2,1-4H3,(H,20,27). The fourth-order valence-electron chi connectivity index (χ4n) is 4.35. The monoisotopic (exact) mass is 369 g/mol. The predicted octanol–water partition coefficient (Wildman–Crippen LogP) is 0.986. The maximum atomic E-state index is 13.1. The van der Waals surface area contributed by atoms with Gasteiger partial charge in [-0.2, -0.15) is 5.10 Å². The Morgan fingerprint density at radius 1 is 1.26 bits per heavy atom. The van der Waals surface area contributed by atoms with E-state index in [2.05, 4.69) is 15.4 Å². The number of Topliss-reactive ketones (excluding diaryl/α,β-unsaturated/α-hetero) is 1. The molecule has 3 heterocycles. The summed E-state index contributed by atoms with van der Waals surface area (Å²) in [5, 5.41) is 7.78. The van der Waals surface area contributed by atoms with E-state index in [1.54, 1.807) is 16.6 Å². The van der Waals surface area contributed by atoms with Crippen LogP contribution in [0.4, 0.5) is 0 Å². The molecule has 1 saturated heterocycles. The van der Waals surface area contributed by atoms with E-state index in [1.807, 2.05) is 19.9 Å². The maximum absolute atomic E-state index is 13.1. The first kappa shape index (κ1) is 17.6. The van der Waals surface area contributed by atoms with Gasteiger partial charge in [0.25, 0.3) is 0 Å². The van der Waals surface area contributed by atoms with Gasteiger partial charge in [-0.3, -0.25) is 24.0 Å². The van der Waals surface area contributed by atoms with Crippen LogP contribution in [0.2, 0.25) is 0 Å². The molecule has 0 radical (unpaired) electrons. The maximum Gasteiger partial charge on any atom is 0.245 e. The van der Waals surface area contributed by atoms with Crippen LogP contribution in [0.15, 0.2) is 6.07 Å². The molecule has 0 spiro atoms. The molecule has 8 heteroatoms. The minimum Gasteiger partial charge on any atom is -0.357 e. The number of likely N-dealkylation sites (N-methyl/N-ethyl adjacent to an activating group) is 1. The summed E-state index contributed by atoms with van der Waals surface area (Å²) >= 11 is 0. The minimum atomic E-state index is -0.415. The van der Waals surface area contributed by atoms with E-state index in [4.69, 9.17) is 0 Å². The summed E-state index contributed by atoms with van der Waals surface area (Å²) in [5.41, 5.74) is 2.57. The van der Waals surface area contributed by atoms with Crippen LogP contribution < -0.4 is 5.32 Å². The SMILES string of the molecule is CNC(=O)C1CC2CC2N1C(=O)Cn1nc(C(C)=O)c2cc(C)nc(C)c21. The number of piperidine rings is 1. The Balaban J connectivity index is 1.70. The van der Waals surface area contributed by atoms with Gasteiger partial charge in [-0.05, 0) is 38.7 Å². The number of carbonyl (C=O) groups excluding carboxylic acids is 3. The number of fused-ring (bicyclic) bond motifs is 2. The molecule has 1 saturated carbocycles. The van der Waals surface area contributed by atoms with E-state index in [9.17, 15) is 14.4 Å². The Bertz CT molecular complexity index is 979. The summed E-state index contributed by atoms with van der Waals surface area (Å²) < 4.78 is 1.56. The van der Waals surface area contributed by atoms with Crippen LogP contribution in [0, 0.1) is 19.8 Å². The van der Waals surface area contributed by atoms with Gasteiger partial charge >= 0.3 is 0 Å². The van der Waals surface area contributed by atoms with Crippen molar-refractivity contribution in [2.45, 2.75) is 52.2 Å². The second-order valence-corrected chi connectivity index (χ2v) is 7.54. The summed E-state index contributed by atoms with van der Waals surface area (Å²) in [4.78, 5) is 43.4. The number of likely N-dealkylation sites (tertiary alicyclic amines) is 1. The zero-order valence-electron chi connectivity index (χ0n) is 15.9. The summed E-state index contributed by atoms with van der Waals surface area (Å²) in [5.74, 6) is -0.000776. The van der Waals surface area contributed by atoms with E-state index in [-0.39, 0.29) is 30.2 Å². The Morgan fingerprint density at radius 2 is 2.00 bits per heavy atom. The second kappa shape index (κ2) is 6.14. The number of nitrogens with zero attached hydrogens (tertiary/aromatic N) is 4. The quantitative estimate of drug-likeness (QED) is 0.811. The molecular weight excluding hydrogens is 346 g/mol. The summed E-state index contributed by atoms with van der Waals surface area (Å²) in [6.45, 7) is 5.17. The van der Waals surface area contributed by atoms with Gasteiger partial charge in [-0.25, -0.2) is 0 Å². The Kier molecular flexibility index (Phi) is 4.01. The number of rotatable bonds is 4. The third-order valence-electron chi connectivity index (χ3n) is 5.59. The molecule has 27 heavy (non-hydrogen) atoms. The number of hydrogen-bond acceptors (Lipinski definition) is 5. The van der Waals surface area contributed by atoms with Crippen molar-refractivity contribution in [2.75, 3.05) is 7.05 Å². The summed E-state index contributed by atoms with van der Waals surface area (Å²) in [6, 6.07) is 1.56. The smallest absolute Gasteiger partial charge is 0.245 e. The lowest BCUT2D eigenvalue weighted by atomic mass is 10.1. The Morgan fingerprint density at radius 3 is 2.67 bits per heavy atom. The Labute approximate surface area is 156 Å². The molecule has 142 valence electrons. The molecule has 1 N–H and O–H groups in total. The average molecular weight is 369 g/mol. The molecule has 1 aliphatic carbocycles. The van der Waals surface area contributed by atoms with Crippen molar-refractivity contribution in [1.29, 1.82) is 0 Å². The molecule has 0 bridgehead atoms. The van der Waals surface area contributed by atoms with Crippen molar-refractivity contribution in [1.82, 2.24) is 25.0 Å². The highest BCUT2D eigenvalue weighted by Crippen LogP contribution is 2.48. The molecule has 0 aromatic carbocycles. The first-order valence-electron chi connectivity index (χ1n) is 9.20. The van der Waals surface area contributed by atoms with Crippen molar-refractivity contribution in [3.8, 4) is 0 Å². The van der Waals surface area contributed by atoms with Gasteiger partial charge in [0.1, 0.15) is 18.3 Å². The van der Waals surface area contributed by atoms with E-state index in [0.717, 1.165) is 17.8 Å². The first-order chi connectivity index (χ1) is 12.8. The summed E-state index contributed by atoms with van der Waals surface area (Å²) in [7, 11) is 1.59. The number of pyridine rings is 1. The van der Waals surface area contributed by atoms with Crippen molar-refractivity contribution < 1.29 is 14.4 Å². The largest absolute Gasteiger partial charge is 0.357 e. The number of hydrogen-bond donors (Lipinski definition) is 1. The highest BCUT2D eigenvalue weighted by Gasteiger charge is 2.55. The van der Waals surface area contributed by atoms with Crippen LogP contribution in [0.1, 0.15) is 41.6 Å². The van der Waals surface area contributed by atoms with Crippen molar-refractivity contribution in [3.63, 3.8) is 0 Å². The van der Waals surface area contributed by atoms with Gasteiger partial charge in [0.05, 0.1) is 11.2 Å². The third-order valence-corrected chi connectivity index (χ3v) is 5.59. The van der Waals surface area contributed by atoms with Crippen molar-refractivity contribution >= 4 is 28.5 Å². The van der Waals surface area contributed by atoms with Gasteiger partial charge in [-0.1, -0.05) is 0 Å². The lowest BCUT2D eigenvalue weighted by Crippen LogP contribution is -2.48. The molecule has 8 nitrogen and oxygen atoms in total. The third kappa shape index (κ3) is 2.79. The van der Waals surface area contributed by atoms with Crippen molar-refractivity contribution in [2.24, 2.45) is 5.92 Å². The lowest BCUT2D eigenvalue weighted by molar-refractivity contribution is -0.140. The highest BCUT2D eigenvalue weighted by atomic mass is 16.2. The number of aromatic nitrogens is 3. The molecule has 2 amide bonds. The number of carbonyl (C=O) groups is 3.